The average Bonchev–Trinajstić information content (AvgIpc) is 3.17. The highest BCUT2D eigenvalue weighted by Gasteiger charge is 2.17. The minimum absolute atomic E-state index is 0.731. The zero-order valence-electron chi connectivity index (χ0n) is 11.6. The van der Waals surface area contributed by atoms with Gasteiger partial charge >= 0.3 is 0 Å². The van der Waals surface area contributed by atoms with Crippen LogP contribution in [0.4, 0.5) is 0 Å². The summed E-state index contributed by atoms with van der Waals surface area (Å²) in [7, 11) is 1.91. The van der Waals surface area contributed by atoms with Crippen molar-refractivity contribution in [3.8, 4) is 22.0 Å². The molecule has 0 aliphatic rings. The summed E-state index contributed by atoms with van der Waals surface area (Å²) in [6.45, 7) is 2.01. The largest absolute Gasteiger partial charge is 0.272 e. The van der Waals surface area contributed by atoms with Gasteiger partial charge in [0.05, 0.1) is 11.8 Å². The lowest BCUT2D eigenvalue weighted by molar-refractivity contribution is 0.740. The first-order valence-corrected chi connectivity index (χ1v) is 7.32. The van der Waals surface area contributed by atoms with Crippen molar-refractivity contribution >= 4 is 16.3 Å². The summed E-state index contributed by atoms with van der Waals surface area (Å²) in [6.07, 6.45) is 1.80. The van der Waals surface area contributed by atoms with Crippen LogP contribution in [0, 0.1) is 6.92 Å². The van der Waals surface area contributed by atoms with E-state index >= 15 is 0 Å². The summed E-state index contributed by atoms with van der Waals surface area (Å²) < 4.78 is 3.61. The Labute approximate surface area is 124 Å². The second kappa shape index (κ2) is 4.49. The summed E-state index contributed by atoms with van der Waals surface area (Å²) in [4.78, 5) is 0.784. The molecular formula is C14H12N6S. The molecule has 0 unspecified atom stereocenters. The van der Waals surface area contributed by atoms with Gasteiger partial charge in [-0.05, 0) is 6.92 Å². The Kier molecular flexibility index (Phi) is 2.61. The Bertz CT molecular complexity index is 918. The van der Waals surface area contributed by atoms with E-state index in [9.17, 15) is 0 Å². The molecule has 0 aliphatic carbocycles. The molecule has 0 atom stereocenters. The van der Waals surface area contributed by atoms with Gasteiger partial charge in [-0.2, -0.15) is 14.7 Å². The highest BCUT2D eigenvalue weighted by Crippen LogP contribution is 2.28. The van der Waals surface area contributed by atoms with Crippen molar-refractivity contribution < 1.29 is 0 Å². The number of nitrogens with zero attached hydrogens (tertiary/aromatic N) is 6. The third-order valence-corrected chi connectivity index (χ3v) is 4.44. The maximum atomic E-state index is 4.64. The van der Waals surface area contributed by atoms with E-state index in [0.717, 1.165) is 32.6 Å². The number of aryl methyl sites for hydroxylation is 1. The molecule has 0 aliphatic heterocycles. The summed E-state index contributed by atoms with van der Waals surface area (Å²) in [5, 5.41) is 18.3. The van der Waals surface area contributed by atoms with Crippen LogP contribution in [0.25, 0.3) is 26.9 Å². The molecule has 3 aromatic heterocycles. The molecule has 0 N–H and O–H groups in total. The molecule has 1 aromatic carbocycles. The molecule has 104 valence electrons. The molecule has 4 aromatic rings. The number of hydrogen-bond donors (Lipinski definition) is 0. The molecular weight excluding hydrogens is 284 g/mol. The van der Waals surface area contributed by atoms with E-state index in [-0.39, 0.29) is 0 Å². The molecule has 4 rings (SSSR count). The number of benzene rings is 1. The number of fused-ring (bicyclic) bond motifs is 1. The second-order valence-electron chi connectivity index (χ2n) is 4.76. The van der Waals surface area contributed by atoms with Crippen molar-refractivity contribution in [1.82, 2.24) is 29.6 Å². The molecule has 7 heteroatoms. The number of rotatable bonds is 2. The SMILES string of the molecule is Cc1c(-c2nnc3sc(-c4ccccc4)nn23)cnn1C. The first-order chi connectivity index (χ1) is 10.2. The normalized spacial score (nSPS) is 11.3. The quantitative estimate of drug-likeness (QED) is 0.570. The molecule has 0 radical (unpaired) electrons. The zero-order valence-corrected chi connectivity index (χ0v) is 12.4. The fourth-order valence-corrected chi connectivity index (χ4v) is 3.05. The average molecular weight is 296 g/mol. The van der Waals surface area contributed by atoms with Crippen molar-refractivity contribution in [2.45, 2.75) is 6.92 Å². The van der Waals surface area contributed by atoms with Gasteiger partial charge in [0.2, 0.25) is 4.96 Å². The molecule has 0 bridgehead atoms. The van der Waals surface area contributed by atoms with Crippen molar-refractivity contribution in [2.75, 3.05) is 0 Å². The summed E-state index contributed by atoms with van der Waals surface area (Å²) in [5.74, 6) is 0.731. The van der Waals surface area contributed by atoms with Gasteiger partial charge < -0.3 is 0 Å². The molecule has 6 nitrogen and oxygen atoms in total. The topological polar surface area (TPSA) is 60.9 Å². The molecule has 0 saturated carbocycles. The lowest BCUT2D eigenvalue weighted by Crippen LogP contribution is -1.95. The van der Waals surface area contributed by atoms with Crippen LogP contribution in [-0.4, -0.2) is 29.6 Å². The Hall–Kier alpha value is -2.54. The van der Waals surface area contributed by atoms with Crippen LogP contribution in [0.5, 0.6) is 0 Å². The van der Waals surface area contributed by atoms with Gasteiger partial charge in [0.1, 0.15) is 5.01 Å². The summed E-state index contributed by atoms with van der Waals surface area (Å²) in [5.41, 5.74) is 3.08. The van der Waals surface area contributed by atoms with Crippen molar-refractivity contribution in [3.05, 3.63) is 42.2 Å². The van der Waals surface area contributed by atoms with E-state index in [1.54, 1.807) is 10.7 Å². The molecule has 21 heavy (non-hydrogen) atoms. The Morgan fingerprint density at radius 1 is 1.10 bits per heavy atom. The monoisotopic (exact) mass is 296 g/mol. The van der Waals surface area contributed by atoms with Crippen LogP contribution in [0.3, 0.4) is 0 Å². The van der Waals surface area contributed by atoms with Crippen molar-refractivity contribution in [2.24, 2.45) is 7.05 Å². The summed E-state index contributed by atoms with van der Waals surface area (Å²) in [6, 6.07) is 10.1. The predicted octanol–water partition coefficient (Wildman–Crippen LogP) is 2.56. The highest BCUT2D eigenvalue weighted by molar-refractivity contribution is 7.19. The van der Waals surface area contributed by atoms with Gasteiger partial charge in [0.25, 0.3) is 0 Å². The van der Waals surface area contributed by atoms with E-state index in [1.165, 1.54) is 11.3 Å². The minimum atomic E-state index is 0.731. The fraction of sp³-hybridized carbons (Fsp3) is 0.143. The number of hydrogen-bond acceptors (Lipinski definition) is 5. The van der Waals surface area contributed by atoms with E-state index in [1.807, 2.05) is 49.0 Å². The van der Waals surface area contributed by atoms with Gasteiger partial charge in [-0.3, -0.25) is 4.68 Å². The Morgan fingerprint density at radius 3 is 2.62 bits per heavy atom. The molecule has 0 saturated heterocycles. The highest BCUT2D eigenvalue weighted by atomic mass is 32.1. The molecule has 0 amide bonds. The lowest BCUT2D eigenvalue weighted by atomic mass is 10.2. The van der Waals surface area contributed by atoms with Crippen LogP contribution in [-0.2, 0) is 7.05 Å². The van der Waals surface area contributed by atoms with Crippen LogP contribution >= 0.6 is 11.3 Å². The molecule has 0 spiro atoms. The van der Waals surface area contributed by atoms with Gasteiger partial charge in [-0.1, -0.05) is 41.7 Å². The molecule has 3 heterocycles. The van der Waals surface area contributed by atoms with Gasteiger partial charge in [-0.25, -0.2) is 0 Å². The second-order valence-corrected chi connectivity index (χ2v) is 5.71. The third-order valence-electron chi connectivity index (χ3n) is 3.49. The number of aromatic nitrogens is 6. The van der Waals surface area contributed by atoms with Crippen LogP contribution < -0.4 is 0 Å². The van der Waals surface area contributed by atoms with E-state index in [4.69, 9.17) is 0 Å². The van der Waals surface area contributed by atoms with E-state index in [0.29, 0.717) is 0 Å². The van der Waals surface area contributed by atoms with Crippen LogP contribution in [0.1, 0.15) is 5.69 Å². The van der Waals surface area contributed by atoms with E-state index in [2.05, 4.69) is 20.4 Å². The van der Waals surface area contributed by atoms with Gasteiger partial charge in [0.15, 0.2) is 5.82 Å². The predicted molar refractivity (Wildman–Crippen MR) is 81.0 cm³/mol. The minimum Gasteiger partial charge on any atom is -0.272 e. The third kappa shape index (κ3) is 1.85. The van der Waals surface area contributed by atoms with Gasteiger partial charge in [-0.15, -0.1) is 10.2 Å². The lowest BCUT2D eigenvalue weighted by Gasteiger charge is -1.97. The maximum Gasteiger partial charge on any atom is 0.235 e. The maximum absolute atomic E-state index is 4.64. The van der Waals surface area contributed by atoms with Crippen molar-refractivity contribution in [1.29, 1.82) is 0 Å². The van der Waals surface area contributed by atoms with Crippen molar-refractivity contribution in [3.63, 3.8) is 0 Å². The smallest absolute Gasteiger partial charge is 0.235 e. The van der Waals surface area contributed by atoms with Crippen LogP contribution in [0.2, 0.25) is 0 Å². The standard InChI is InChI=1S/C14H12N6S/c1-9-11(8-15-19(9)2)12-16-17-14-20(12)18-13(21-14)10-6-4-3-5-7-10/h3-8H,1-2H3. The first-order valence-electron chi connectivity index (χ1n) is 6.50. The van der Waals surface area contributed by atoms with Gasteiger partial charge in [0, 0.05) is 18.3 Å². The Balaban J connectivity index is 1.89. The first kappa shape index (κ1) is 12.2. The summed E-state index contributed by atoms with van der Waals surface area (Å²) >= 11 is 1.53. The van der Waals surface area contributed by atoms with Crippen LogP contribution in [0.15, 0.2) is 36.5 Å². The zero-order chi connectivity index (χ0) is 14.4. The Morgan fingerprint density at radius 2 is 1.90 bits per heavy atom. The molecule has 0 fully saturated rings. The fourth-order valence-electron chi connectivity index (χ4n) is 2.20. The van der Waals surface area contributed by atoms with E-state index < -0.39 is 0 Å².